The average molecular weight is 336 g/mol. The van der Waals surface area contributed by atoms with Crippen LogP contribution in [0.15, 0.2) is 48.5 Å². The molecular weight excluding hydrogens is 312 g/mol. The predicted molar refractivity (Wildman–Crippen MR) is 99.4 cm³/mol. The summed E-state index contributed by atoms with van der Waals surface area (Å²) < 4.78 is 0. The van der Waals surface area contributed by atoms with Crippen LogP contribution in [0.4, 0.5) is 5.69 Å². The molecule has 3 rings (SSSR count). The van der Waals surface area contributed by atoms with Crippen LogP contribution in [0.3, 0.4) is 0 Å². The molecule has 25 heavy (non-hydrogen) atoms. The minimum absolute atomic E-state index is 0.162. The third-order valence-corrected chi connectivity index (χ3v) is 4.64. The maximum absolute atomic E-state index is 12.6. The third kappa shape index (κ3) is 4.08. The smallest absolute Gasteiger partial charge is 0.240 e. The highest BCUT2D eigenvalue weighted by Crippen LogP contribution is 2.46. The number of anilines is 1. The summed E-state index contributed by atoms with van der Waals surface area (Å²) in [4.78, 5) is 25.1. The lowest BCUT2D eigenvalue weighted by molar-refractivity contribution is -0.134. The van der Waals surface area contributed by atoms with Gasteiger partial charge in [-0.1, -0.05) is 36.4 Å². The maximum Gasteiger partial charge on any atom is 0.240 e. The molecule has 1 aliphatic rings. The first-order valence-corrected chi connectivity index (χ1v) is 8.72. The van der Waals surface area contributed by atoms with Gasteiger partial charge in [-0.2, -0.15) is 0 Å². The fourth-order valence-electron chi connectivity index (χ4n) is 3.11. The number of amides is 2. The molecule has 0 radical (unpaired) electrons. The van der Waals surface area contributed by atoms with Crippen LogP contribution in [0.25, 0.3) is 0 Å². The molecule has 1 fully saturated rings. The Bertz CT molecular complexity index is 759. The first kappa shape index (κ1) is 17.2. The molecule has 0 bridgehead atoms. The lowest BCUT2D eigenvalue weighted by atomic mass is 10.0. The van der Waals surface area contributed by atoms with Crippen molar-refractivity contribution in [2.45, 2.75) is 33.1 Å². The van der Waals surface area contributed by atoms with Crippen molar-refractivity contribution in [1.82, 2.24) is 5.32 Å². The standard InChI is InChI=1S/C21H24N2O2/c1-15-12-16(2)14-18(13-15)23-20(25)21(9-10-21)19(24)22-11-8-17-6-4-3-5-7-17/h3-7,12-14H,8-11H2,1-2H3,(H,22,24)(H,23,25). The molecule has 130 valence electrons. The van der Waals surface area contributed by atoms with Crippen LogP contribution in [0, 0.1) is 19.3 Å². The number of aryl methyl sites for hydroxylation is 2. The van der Waals surface area contributed by atoms with Crippen LogP contribution in [0.1, 0.15) is 29.5 Å². The summed E-state index contributed by atoms with van der Waals surface area (Å²) in [6, 6.07) is 15.9. The molecule has 0 heterocycles. The van der Waals surface area contributed by atoms with Crippen LogP contribution in [0.2, 0.25) is 0 Å². The average Bonchev–Trinajstić information content (AvgIpc) is 3.36. The fraction of sp³-hybridized carbons (Fsp3) is 0.333. The first-order valence-electron chi connectivity index (χ1n) is 8.72. The summed E-state index contributed by atoms with van der Waals surface area (Å²) >= 11 is 0. The van der Waals surface area contributed by atoms with E-state index in [1.54, 1.807) is 0 Å². The van der Waals surface area contributed by atoms with E-state index in [4.69, 9.17) is 0 Å². The highest BCUT2D eigenvalue weighted by molar-refractivity contribution is 6.13. The van der Waals surface area contributed by atoms with E-state index in [1.165, 1.54) is 5.56 Å². The Morgan fingerprint density at radius 2 is 1.60 bits per heavy atom. The third-order valence-electron chi connectivity index (χ3n) is 4.64. The van der Waals surface area contributed by atoms with Gasteiger partial charge in [0.2, 0.25) is 11.8 Å². The van der Waals surface area contributed by atoms with Gasteiger partial charge in [0.25, 0.3) is 0 Å². The van der Waals surface area contributed by atoms with Crippen molar-refractivity contribution in [3.05, 3.63) is 65.2 Å². The van der Waals surface area contributed by atoms with Crippen molar-refractivity contribution >= 4 is 17.5 Å². The van der Waals surface area contributed by atoms with E-state index in [1.807, 2.05) is 56.3 Å². The Morgan fingerprint density at radius 3 is 2.20 bits per heavy atom. The van der Waals surface area contributed by atoms with E-state index in [2.05, 4.69) is 16.7 Å². The van der Waals surface area contributed by atoms with Gasteiger partial charge >= 0.3 is 0 Å². The molecule has 0 aromatic heterocycles. The van der Waals surface area contributed by atoms with E-state index in [0.717, 1.165) is 23.2 Å². The Kier molecular flexibility index (Phi) is 4.88. The summed E-state index contributed by atoms with van der Waals surface area (Å²) in [6.45, 7) is 4.53. The summed E-state index contributed by atoms with van der Waals surface area (Å²) in [5, 5.41) is 5.84. The molecular formula is C21H24N2O2. The van der Waals surface area contributed by atoms with E-state index in [9.17, 15) is 9.59 Å². The summed E-state index contributed by atoms with van der Waals surface area (Å²) in [5.74, 6) is -0.361. The predicted octanol–water partition coefficient (Wildman–Crippen LogP) is 3.38. The molecule has 2 amide bonds. The van der Waals surface area contributed by atoms with Gasteiger partial charge in [0, 0.05) is 12.2 Å². The normalized spacial score (nSPS) is 14.6. The molecule has 1 saturated carbocycles. The van der Waals surface area contributed by atoms with Gasteiger partial charge in [-0.15, -0.1) is 0 Å². The second-order valence-corrected chi connectivity index (χ2v) is 6.90. The Balaban J connectivity index is 1.57. The van der Waals surface area contributed by atoms with Gasteiger partial charge in [0.1, 0.15) is 5.41 Å². The molecule has 2 N–H and O–H groups in total. The number of benzene rings is 2. The van der Waals surface area contributed by atoms with E-state index in [0.29, 0.717) is 19.4 Å². The van der Waals surface area contributed by atoms with Crippen LogP contribution < -0.4 is 10.6 Å². The van der Waals surface area contributed by atoms with E-state index >= 15 is 0 Å². The summed E-state index contributed by atoms with van der Waals surface area (Å²) in [5.41, 5.74) is 3.21. The molecule has 4 heteroatoms. The quantitative estimate of drug-likeness (QED) is 0.795. The number of carbonyl (C=O) groups excluding carboxylic acids is 2. The number of hydrogen-bond donors (Lipinski definition) is 2. The molecule has 0 unspecified atom stereocenters. The van der Waals surface area contributed by atoms with Crippen molar-refractivity contribution < 1.29 is 9.59 Å². The molecule has 0 saturated heterocycles. The van der Waals surface area contributed by atoms with Gasteiger partial charge < -0.3 is 10.6 Å². The number of rotatable bonds is 6. The minimum Gasteiger partial charge on any atom is -0.355 e. The first-order chi connectivity index (χ1) is 12.0. The molecule has 0 aliphatic heterocycles. The van der Waals surface area contributed by atoms with E-state index < -0.39 is 5.41 Å². The molecule has 0 spiro atoms. The monoisotopic (exact) mass is 336 g/mol. The number of carbonyl (C=O) groups is 2. The topological polar surface area (TPSA) is 58.2 Å². The molecule has 4 nitrogen and oxygen atoms in total. The second kappa shape index (κ2) is 7.09. The zero-order chi connectivity index (χ0) is 17.9. The highest BCUT2D eigenvalue weighted by atomic mass is 16.2. The zero-order valence-electron chi connectivity index (χ0n) is 14.8. The van der Waals surface area contributed by atoms with Gasteiger partial charge in [-0.05, 0) is 61.9 Å². The van der Waals surface area contributed by atoms with E-state index in [-0.39, 0.29) is 11.8 Å². The van der Waals surface area contributed by atoms with Crippen molar-refractivity contribution in [3.63, 3.8) is 0 Å². The SMILES string of the molecule is Cc1cc(C)cc(NC(=O)C2(C(=O)NCCc3ccccc3)CC2)c1. The Hall–Kier alpha value is -2.62. The largest absolute Gasteiger partial charge is 0.355 e. The summed E-state index contributed by atoms with van der Waals surface area (Å²) in [7, 11) is 0. The van der Waals surface area contributed by atoms with Gasteiger partial charge in [-0.25, -0.2) is 0 Å². The highest BCUT2D eigenvalue weighted by Gasteiger charge is 2.56. The van der Waals surface area contributed by atoms with Gasteiger partial charge in [0.15, 0.2) is 0 Å². The number of hydrogen-bond acceptors (Lipinski definition) is 2. The second-order valence-electron chi connectivity index (χ2n) is 6.90. The van der Waals surface area contributed by atoms with Gasteiger partial charge in [0.05, 0.1) is 0 Å². The van der Waals surface area contributed by atoms with Crippen molar-refractivity contribution in [2.75, 3.05) is 11.9 Å². The van der Waals surface area contributed by atoms with Crippen LogP contribution in [0.5, 0.6) is 0 Å². The lowest BCUT2D eigenvalue weighted by Gasteiger charge is -2.16. The van der Waals surface area contributed by atoms with Crippen LogP contribution in [-0.2, 0) is 16.0 Å². The molecule has 0 atom stereocenters. The zero-order valence-corrected chi connectivity index (χ0v) is 14.8. The van der Waals surface area contributed by atoms with Crippen molar-refractivity contribution in [1.29, 1.82) is 0 Å². The van der Waals surface area contributed by atoms with Crippen molar-refractivity contribution in [3.8, 4) is 0 Å². The molecule has 2 aromatic rings. The Labute approximate surface area is 148 Å². The van der Waals surface area contributed by atoms with Crippen molar-refractivity contribution in [2.24, 2.45) is 5.41 Å². The summed E-state index contributed by atoms with van der Waals surface area (Å²) in [6.07, 6.45) is 1.99. The van der Waals surface area contributed by atoms with Crippen LogP contribution >= 0.6 is 0 Å². The van der Waals surface area contributed by atoms with Crippen LogP contribution in [-0.4, -0.2) is 18.4 Å². The lowest BCUT2D eigenvalue weighted by Crippen LogP contribution is -2.40. The maximum atomic E-state index is 12.6. The Morgan fingerprint density at radius 1 is 0.960 bits per heavy atom. The van der Waals surface area contributed by atoms with Gasteiger partial charge in [-0.3, -0.25) is 9.59 Å². The molecule has 1 aliphatic carbocycles. The fourth-order valence-corrected chi connectivity index (χ4v) is 3.11. The number of nitrogens with one attached hydrogen (secondary N) is 2. The minimum atomic E-state index is -0.895. The molecule has 2 aromatic carbocycles.